The molecule has 5 nitrogen and oxygen atoms in total. The predicted molar refractivity (Wildman–Crippen MR) is 95.8 cm³/mol. The van der Waals surface area contributed by atoms with Gasteiger partial charge in [0.25, 0.3) is 5.56 Å². The van der Waals surface area contributed by atoms with Gasteiger partial charge < -0.3 is 10.2 Å². The smallest absolute Gasteiger partial charge is 0.264 e. The maximum absolute atomic E-state index is 13.2. The Labute approximate surface area is 139 Å². The molecule has 23 heavy (non-hydrogen) atoms. The van der Waals surface area contributed by atoms with Crippen LogP contribution in [0.25, 0.3) is 10.2 Å². The zero-order valence-corrected chi connectivity index (χ0v) is 14.1. The van der Waals surface area contributed by atoms with Crippen molar-refractivity contribution in [3.8, 4) is 0 Å². The number of piperazine rings is 1. The van der Waals surface area contributed by atoms with Gasteiger partial charge in [-0.3, -0.25) is 9.36 Å². The molecule has 0 amide bonds. The number of nitrogens with one attached hydrogen (secondary N) is 1. The minimum absolute atomic E-state index is 0.114. The average Bonchev–Trinajstić information content (AvgIpc) is 2.96. The molecule has 3 heterocycles. The molecular formula is C17H22N4OS. The number of anilines is 1. The van der Waals surface area contributed by atoms with Gasteiger partial charge in [-0.2, -0.15) is 0 Å². The number of rotatable bonds is 3. The lowest BCUT2D eigenvalue weighted by molar-refractivity contribution is 0.565. The number of fused-ring (bicyclic) bond motifs is 3. The van der Waals surface area contributed by atoms with Crippen molar-refractivity contribution < 1.29 is 0 Å². The first-order chi connectivity index (χ1) is 11.3. The Balaban J connectivity index is 1.93. The lowest BCUT2D eigenvalue weighted by atomic mass is 9.97. The van der Waals surface area contributed by atoms with Crippen LogP contribution in [0.3, 0.4) is 0 Å². The van der Waals surface area contributed by atoms with Crippen LogP contribution < -0.4 is 15.8 Å². The Morgan fingerprint density at radius 3 is 2.83 bits per heavy atom. The fourth-order valence-electron chi connectivity index (χ4n) is 3.63. The SMILES string of the molecule is C=CCn1c(N2CCNCC2)nc2sc3c(c2c1=O)CCCC3. The summed E-state index contributed by atoms with van der Waals surface area (Å²) >= 11 is 1.73. The number of hydrogen-bond acceptors (Lipinski definition) is 5. The fourth-order valence-corrected chi connectivity index (χ4v) is 4.87. The van der Waals surface area contributed by atoms with Crippen molar-refractivity contribution >= 4 is 27.5 Å². The van der Waals surface area contributed by atoms with Gasteiger partial charge in [0.15, 0.2) is 0 Å². The van der Waals surface area contributed by atoms with E-state index in [1.54, 1.807) is 17.4 Å². The molecule has 2 aliphatic rings. The molecule has 4 rings (SSSR count). The normalized spacial score (nSPS) is 18.2. The summed E-state index contributed by atoms with van der Waals surface area (Å²) in [5.74, 6) is 0.808. The predicted octanol–water partition coefficient (Wildman–Crippen LogP) is 1.93. The topological polar surface area (TPSA) is 50.2 Å². The molecule has 0 spiro atoms. The molecule has 0 aromatic carbocycles. The van der Waals surface area contributed by atoms with Crippen molar-refractivity contribution in [3.63, 3.8) is 0 Å². The van der Waals surface area contributed by atoms with Crippen LogP contribution in [0.5, 0.6) is 0 Å². The molecule has 1 N–H and O–H groups in total. The van der Waals surface area contributed by atoms with E-state index in [1.165, 1.54) is 23.3 Å². The van der Waals surface area contributed by atoms with Gasteiger partial charge in [0.1, 0.15) is 4.83 Å². The molecule has 0 saturated carbocycles. The number of nitrogens with zero attached hydrogens (tertiary/aromatic N) is 3. The van der Waals surface area contributed by atoms with E-state index in [1.807, 2.05) is 4.57 Å². The summed E-state index contributed by atoms with van der Waals surface area (Å²) in [7, 11) is 0. The van der Waals surface area contributed by atoms with E-state index < -0.39 is 0 Å². The summed E-state index contributed by atoms with van der Waals surface area (Å²) in [5, 5.41) is 4.22. The van der Waals surface area contributed by atoms with E-state index in [0.717, 1.165) is 55.2 Å². The molecule has 2 aromatic heterocycles. The van der Waals surface area contributed by atoms with Crippen molar-refractivity contribution in [3.05, 3.63) is 33.4 Å². The third-order valence-corrected chi connectivity index (χ3v) is 5.95. The number of aryl methyl sites for hydroxylation is 2. The highest BCUT2D eigenvalue weighted by Gasteiger charge is 2.24. The second-order valence-corrected chi connectivity index (χ2v) is 7.33. The van der Waals surface area contributed by atoms with Crippen molar-refractivity contribution in [2.45, 2.75) is 32.2 Å². The minimum atomic E-state index is 0.114. The molecule has 1 fully saturated rings. The standard InChI is InChI=1S/C17H22N4OS/c1-2-9-21-16(22)14-12-5-3-4-6-13(12)23-15(14)19-17(21)20-10-7-18-8-11-20/h2,18H,1,3-11H2. The zero-order valence-electron chi connectivity index (χ0n) is 13.3. The molecule has 122 valence electrons. The maximum atomic E-state index is 13.2. The molecule has 0 atom stereocenters. The monoisotopic (exact) mass is 330 g/mol. The van der Waals surface area contributed by atoms with E-state index in [4.69, 9.17) is 4.98 Å². The van der Waals surface area contributed by atoms with Crippen LogP contribution in [0.15, 0.2) is 17.4 Å². The average molecular weight is 330 g/mol. The first-order valence-electron chi connectivity index (χ1n) is 8.41. The Hall–Kier alpha value is -1.66. The first kappa shape index (κ1) is 14.9. The molecule has 0 radical (unpaired) electrons. The largest absolute Gasteiger partial charge is 0.340 e. The Bertz CT molecular complexity index is 801. The van der Waals surface area contributed by atoms with Crippen molar-refractivity contribution in [2.75, 3.05) is 31.1 Å². The molecule has 2 aromatic rings. The van der Waals surface area contributed by atoms with Crippen LogP contribution >= 0.6 is 11.3 Å². The lowest BCUT2D eigenvalue weighted by Crippen LogP contribution is -2.46. The lowest BCUT2D eigenvalue weighted by Gasteiger charge is -2.30. The van der Waals surface area contributed by atoms with E-state index in [2.05, 4.69) is 16.8 Å². The second-order valence-electron chi connectivity index (χ2n) is 6.24. The summed E-state index contributed by atoms with van der Waals surface area (Å²) in [6, 6.07) is 0. The van der Waals surface area contributed by atoms with E-state index in [-0.39, 0.29) is 5.56 Å². The van der Waals surface area contributed by atoms with Crippen LogP contribution in [0, 0.1) is 0 Å². The van der Waals surface area contributed by atoms with Gasteiger partial charge in [0, 0.05) is 37.6 Å². The summed E-state index contributed by atoms with van der Waals surface area (Å²) in [6.07, 6.45) is 6.32. The Morgan fingerprint density at radius 1 is 1.26 bits per heavy atom. The Kier molecular flexibility index (Phi) is 3.95. The summed E-state index contributed by atoms with van der Waals surface area (Å²) < 4.78 is 1.81. The molecule has 1 saturated heterocycles. The minimum Gasteiger partial charge on any atom is -0.340 e. The van der Waals surface area contributed by atoms with Gasteiger partial charge >= 0.3 is 0 Å². The van der Waals surface area contributed by atoms with Crippen LogP contribution in [-0.4, -0.2) is 35.7 Å². The van der Waals surface area contributed by atoms with Gasteiger partial charge in [-0.15, -0.1) is 17.9 Å². The fraction of sp³-hybridized carbons (Fsp3) is 0.529. The van der Waals surface area contributed by atoms with Gasteiger partial charge in [-0.05, 0) is 31.2 Å². The molecule has 1 aliphatic carbocycles. The number of hydrogen-bond donors (Lipinski definition) is 1. The summed E-state index contributed by atoms with van der Waals surface area (Å²) in [6.45, 7) is 7.99. The highest BCUT2D eigenvalue weighted by Crippen LogP contribution is 2.34. The van der Waals surface area contributed by atoms with Gasteiger partial charge in [-0.25, -0.2) is 4.98 Å². The van der Waals surface area contributed by atoms with Gasteiger partial charge in [0.05, 0.1) is 5.39 Å². The summed E-state index contributed by atoms with van der Waals surface area (Å²) in [5.41, 5.74) is 1.38. The van der Waals surface area contributed by atoms with E-state index >= 15 is 0 Å². The third kappa shape index (κ3) is 2.50. The zero-order chi connectivity index (χ0) is 15.8. The van der Waals surface area contributed by atoms with Crippen LogP contribution in [0.4, 0.5) is 5.95 Å². The molecule has 0 unspecified atom stereocenters. The van der Waals surface area contributed by atoms with Crippen LogP contribution in [-0.2, 0) is 19.4 Å². The molecule has 6 heteroatoms. The maximum Gasteiger partial charge on any atom is 0.264 e. The number of allylic oxidation sites excluding steroid dienone is 1. The third-order valence-electron chi connectivity index (χ3n) is 4.77. The first-order valence-corrected chi connectivity index (χ1v) is 9.23. The van der Waals surface area contributed by atoms with Crippen molar-refractivity contribution in [1.82, 2.24) is 14.9 Å². The molecule has 1 aliphatic heterocycles. The Morgan fingerprint density at radius 2 is 2.04 bits per heavy atom. The van der Waals surface area contributed by atoms with E-state index in [9.17, 15) is 4.79 Å². The van der Waals surface area contributed by atoms with E-state index in [0.29, 0.717) is 6.54 Å². The van der Waals surface area contributed by atoms with Crippen molar-refractivity contribution in [1.29, 1.82) is 0 Å². The number of aromatic nitrogens is 2. The molecule has 0 bridgehead atoms. The van der Waals surface area contributed by atoms with Crippen LogP contribution in [0.2, 0.25) is 0 Å². The van der Waals surface area contributed by atoms with Crippen molar-refractivity contribution in [2.24, 2.45) is 0 Å². The highest BCUT2D eigenvalue weighted by atomic mass is 32.1. The number of thiophene rings is 1. The van der Waals surface area contributed by atoms with Crippen LogP contribution in [0.1, 0.15) is 23.3 Å². The second kappa shape index (κ2) is 6.09. The highest BCUT2D eigenvalue weighted by molar-refractivity contribution is 7.18. The quantitative estimate of drug-likeness (QED) is 0.874. The van der Waals surface area contributed by atoms with Gasteiger partial charge in [-0.1, -0.05) is 6.08 Å². The molecular weight excluding hydrogens is 308 g/mol. The summed E-state index contributed by atoms with van der Waals surface area (Å²) in [4.78, 5) is 22.6. The van der Waals surface area contributed by atoms with Gasteiger partial charge in [0.2, 0.25) is 5.95 Å².